The Morgan fingerprint density at radius 1 is 1.44 bits per heavy atom. The molecular weight excluding hydrogens is 344 g/mol. The number of hydrogen-bond acceptors (Lipinski definition) is 6. The number of aromatic nitrogens is 4. The third kappa shape index (κ3) is 3.91. The zero-order valence-corrected chi connectivity index (χ0v) is 15.1. The van der Waals surface area contributed by atoms with Crippen LogP contribution < -0.4 is 15.8 Å². The highest BCUT2D eigenvalue weighted by Gasteiger charge is 2.32. The van der Waals surface area contributed by atoms with E-state index in [-0.39, 0.29) is 30.2 Å². The molecule has 2 aromatic rings. The van der Waals surface area contributed by atoms with Crippen molar-refractivity contribution < 1.29 is 9.53 Å². The molecule has 0 spiro atoms. The van der Waals surface area contributed by atoms with Gasteiger partial charge in [0.25, 0.3) is 0 Å². The first-order chi connectivity index (χ1) is 11.6. The minimum Gasteiger partial charge on any atom is -0.494 e. The summed E-state index contributed by atoms with van der Waals surface area (Å²) < 4.78 is 6.95. The molecule has 1 aliphatic rings. The normalized spacial score (nSPS) is 19.3. The molecule has 0 aliphatic heterocycles. The fourth-order valence-electron chi connectivity index (χ4n) is 3.29. The second kappa shape index (κ2) is 8.26. The number of ether oxygens (including phenoxy) is 1. The van der Waals surface area contributed by atoms with Crippen LogP contribution in [0, 0.1) is 18.8 Å². The molecule has 2 atom stereocenters. The molecule has 1 aromatic heterocycles. The number of nitrogens with zero attached hydrogens (tertiary/aromatic N) is 4. The largest absolute Gasteiger partial charge is 0.494 e. The van der Waals surface area contributed by atoms with Crippen LogP contribution in [-0.4, -0.2) is 39.8 Å². The number of nitrogens with one attached hydrogen (secondary N) is 1. The molecule has 1 fully saturated rings. The molecule has 1 aliphatic carbocycles. The van der Waals surface area contributed by atoms with E-state index < -0.39 is 0 Å². The van der Waals surface area contributed by atoms with Gasteiger partial charge in [-0.15, -0.1) is 17.5 Å². The number of methoxy groups -OCH3 is 1. The molecule has 1 amide bonds. The predicted molar refractivity (Wildman–Crippen MR) is 96.2 cm³/mol. The first-order valence-electron chi connectivity index (χ1n) is 8.08. The number of halogens is 1. The first kappa shape index (κ1) is 19.1. The van der Waals surface area contributed by atoms with Gasteiger partial charge in [-0.05, 0) is 60.9 Å². The zero-order valence-electron chi connectivity index (χ0n) is 14.3. The Morgan fingerprint density at radius 3 is 2.88 bits per heavy atom. The van der Waals surface area contributed by atoms with Crippen molar-refractivity contribution in [2.75, 3.05) is 19.0 Å². The molecule has 0 radical (unpaired) electrons. The lowest BCUT2D eigenvalue weighted by Gasteiger charge is -2.18. The summed E-state index contributed by atoms with van der Waals surface area (Å²) in [6.07, 6.45) is 2.97. The maximum absolute atomic E-state index is 12.6. The fourth-order valence-corrected chi connectivity index (χ4v) is 3.29. The van der Waals surface area contributed by atoms with Crippen molar-refractivity contribution in [1.82, 2.24) is 20.2 Å². The number of nitrogens with two attached hydrogens (primary N) is 1. The summed E-state index contributed by atoms with van der Waals surface area (Å²) in [5.41, 5.74) is 7.14. The van der Waals surface area contributed by atoms with E-state index in [0.29, 0.717) is 29.5 Å². The van der Waals surface area contributed by atoms with Crippen LogP contribution in [0.3, 0.4) is 0 Å². The quantitative estimate of drug-likeness (QED) is 0.834. The van der Waals surface area contributed by atoms with Crippen molar-refractivity contribution in [2.24, 2.45) is 17.6 Å². The Balaban J connectivity index is 0.00000225. The number of carbonyl (C=O) groups excluding carboxylic acids is 1. The van der Waals surface area contributed by atoms with Crippen LogP contribution in [-0.2, 0) is 4.79 Å². The number of benzene rings is 1. The summed E-state index contributed by atoms with van der Waals surface area (Å²) in [6, 6.07) is 5.42. The molecule has 3 N–H and O–H groups in total. The van der Waals surface area contributed by atoms with Crippen molar-refractivity contribution >= 4 is 24.0 Å². The van der Waals surface area contributed by atoms with Gasteiger partial charge in [-0.1, -0.05) is 6.42 Å². The number of anilines is 1. The predicted octanol–water partition coefficient (Wildman–Crippen LogP) is 1.71. The zero-order chi connectivity index (χ0) is 17.1. The van der Waals surface area contributed by atoms with E-state index in [0.717, 1.165) is 19.3 Å². The number of carbonyl (C=O) groups is 1. The Bertz CT molecular complexity index is 735. The van der Waals surface area contributed by atoms with Crippen LogP contribution >= 0.6 is 12.4 Å². The Hall–Kier alpha value is -2.19. The minimum atomic E-state index is -0.0182. The van der Waals surface area contributed by atoms with Gasteiger partial charge in [0.1, 0.15) is 11.4 Å². The van der Waals surface area contributed by atoms with Crippen molar-refractivity contribution in [3.63, 3.8) is 0 Å². The monoisotopic (exact) mass is 366 g/mol. The molecule has 0 saturated heterocycles. The third-order valence-corrected chi connectivity index (χ3v) is 4.60. The van der Waals surface area contributed by atoms with Gasteiger partial charge < -0.3 is 15.8 Å². The standard InChI is InChI=1S/C16H22N6O2.ClH/c1-10-19-20-21-22(10)14-8-12(6-7-15(14)24-2)18-16(23)13-5-3-4-11(13)9-17;/h6-8,11,13H,3-5,9,17H2,1-2H3,(H,18,23);1H/t11-,13-;/m1./s1. The molecular formula is C16H23ClN6O2. The Labute approximate surface area is 152 Å². The van der Waals surface area contributed by atoms with E-state index in [1.807, 2.05) is 12.1 Å². The second-order valence-electron chi connectivity index (χ2n) is 6.05. The molecule has 0 unspecified atom stereocenters. The molecule has 1 aromatic carbocycles. The third-order valence-electron chi connectivity index (χ3n) is 4.60. The van der Waals surface area contributed by atoms with E-state index >= 15 is 0 Å². The smallest absolute Gasteiger partial charge is 0.227 e. The number of amides is 1. The van der Waals surface area contributed by atoms with Gasteiger partial charge in [0, 0.05) is 11.6 Å². The van der Waals surface area contributed by atoms with Crippen LogP contribution in [0.4, 0.5) is 5.69 Å². The first-order valence-corrected chi connectivity index (χ1v) is 8.08. The van der Waals surface area contributed by atoms with E-state index in [9.17, 15) is 4.79 Å². The summed E-state index contributed by atoms with van der Waals surface area (Å²) >= 11 is 0. The van der Waals surface area contributed by atoms with Crippen LogP contribution in [0.1, 0.15) is 25.1 Å². The van der Waals surface area contributed by atoms with Crippen molar-refractivity contribution in [3.8, 4) is 11.4 Å². The van der Waals surface area contributed by atoms with Gasteiger partial charge in [0.2, 0.25) is 5.91 Å². The van der Waals surface area contributed by atoms with E-state index in [2.05, 4.69) is 20.8 Å². The molecule has 8 nitrogen and oxygen atoms in total. The molecule has 1 heterocycles. The molecule has 1 saturated carbocycles. The number of hydrogen-bond donors (Lipinski definition) is 2. The van der Waals surface area contributed by atoms with Gasteiger partial charge in [0.05, 0.1) is 7.11 Å². The highest BCUT2D eigenvalue weighted by Crippen LogP contribution is 2.32. The topological polar surface area (TPSA) is 108 Å². The average Bonchev–Trinajstić information content (AvgIpc) is 3.23. The highest BCUT2D eigenvalue weighted by molar-refractivity contribution is 5.93. The summed E-state index contributed by atoms with van der Waals surface area (Å²) in [5.74, 6) is 1.53. The molecule has 136 valence electrons. The molecule has 3 rings (SSSR count). The molecule has 0 bridgehead atoms. The van der Waals surface area contributed by atoms with Gasteiger partial charge in [-0.25, -0.2) is 0 Å². The second-order valence-corrected chi connectivity index (χ2v) is 6.05. The lowest BCUT2D eigenvalue weighted by atomic mass is 9.95. The van der Waals surface area contributed by atoms with E-state index in [1.54, 1.807) is 24.8 Å². The van der Waals surface area contributed by atoms with E-state index in [4.69, 9.17) is 10.5 Å². The number of tetrazole rings is 1. The maximum Gasteiger partial charge on any atom is 0.227 e. The van der Waals surface area contributed by atoms with Crippen molar-refractivity contribution in [2.45, 2.75) is 26.2 Å². The lowest BCUT2D eigenvalue weighted by Crippen LogP contribution is -2.29. The molecule has 25 heavy (non-hydrogen) atoms. The Morgan fingerprint density at radius 2 is 2.24 bits per heavy atom. The van der Waals surface area contributed by atoms with Gasteiger partial charge in [-0.3, -0.25) is 4.79 Å². The lowest BCUT2D eigenvalue weighted by molar-refractivity contribution is -0.120. The summed E-state index contributed by atoms with van der Waals surface area (Å²) in [7, 11) is 1.58. The highest BCUT2D eigenvalue weighted by atomic mass is 35.5. The van der Waals surface area contributed by atoms with Crippen molar-refractivity contribution in [1.29, 1.82) is 0 Å². The minimum absolute atomic E-state index is 0. The SMILES string of the molecule is COc1ccc(NC(=O)[C@@H]2CCC[C@@H]2CN)cc1-n1nnnc1C.Cl. The van der Waals surface area contributed by atoms with Crippen molar-refractivity contribution in [3.05, 3.63) is 24.0 Å². The van der Waals surface area contributed by atoms with Gasteiger partial charge in [0.15, 0.2) is 5.82 Å². The summed E-state index contributed by atoms with van der Waals surface area (Å²) in [5, 5.41) is 14.5. The summed E-state index contributed by atoms with van der Waals surface area (Å²) in [6.45, 7) is 2.35. The fraction of sp³-hybridized carbons (Fsp3) is 0.500. The average molecular weight is 367 g/mol. The number of aryl methyl sites for hydroxylation is 1. The van der Waals surface area contributed by atoms with Crippen LogP contribution in [0.25, 0.3) is 5.69 Å². The van der Waals surface area contributed by atoms with Crippen LogP contribution in [0.15, 0.2) is 18.2 Å². The maximum atomic E-state index is 12.6. The Kier molecular flexibility index (Phi) is 6.33. The van der Waals surface area contributed by atoms with Gasteiger partial charge in [-0.2, -0.15) is 4.68 Å². The van der Waals surface area contributed by atoms with E-state index in [1.165, 1.54) is 0 Å². The van der Waals surface area contributed by atoms with Crippen LogP contribution in [0.5, 0.6) is 5.75 Å². The molecule has 9 heteroatoms. The van der Waals surface area contributed by atoms with Crippen LogP contribution in [0.2, 0.25) is 0 Å². The van der Waals surface area contributed by atoms with Gasteiger partial charge >= 0.3 is 0 Å². The summed E-state index contributed by atoms with van der Waals surface area (Å²) in [4.78, 5) is 12.6. The number of rotatable bonds is 5.